The minimum Gasteiger partial charge on any atom is -0.466 e. The Morgan fingerprint density at radius 1 is 0.619 bits per heavy atom. The summed E-state index contributed by atoms with van der Waals surface area (Å²) in [5.41, 5.74) is -1.90. The molecule has 42 heavy (non-hydrogen) atoms. The molecule has 0 bridgehead atoms. The summed E-state index contributed by atoms with van der Waals surface area (Å²) in [5.74, 6) is -1.87. The van der Waals surface area contributed by atoms with Crippen molar-refractivity contribution in [3.8, 4) is 0 Å². The Kier molecular flexibility index (Phi) is 23.1. The first-order valence-corrected chi connectivity index (χ1v) is 17.2. The van der Waals surface area contributed by atoms with Crippen molar-refractivity contribution in [2.24, 2.45) is 0 Å². The highest BCUT2D eigenvalue weighted by atomic mass is 16.6. The molecule has 244 valence electrons. The first kappa shape index (κ1) is 38.1. The molecule has 1 saturated heterocycles. The minimum atomic E-state index is -1.90. The van der Waals surface area contributed by atoms with Crippen molar-refractivity contribution in [2.75, 3.05) is 32.8 Å². The van der Waals surface area contributed by atoms with E-state index in [9.17, 15) is 19.2 Å². The van der Waals surface area contributed by atoms with Crippen LogP contribution in [0, 0.1) is 0 Å². The van der Waals surface area contributed by atoms with Crippen LogP contribution in [-0.2, 0) is 33.4 Å². The molecule has 1 aliphatic heterocycles. The number of esters is 3. The number of nitrogens with zero attached hydrogens (tertiary/aromatic N) is 1. The molecule has 0 aromatic carbocycles. The van der Waals surface area contributed by atoms with Crippen LogP contribution >= 0.6 is 0 Å². The lowest BCUT2D eigenvalue weighted by atomic mass is 9.96. The molecule has 0 amide bonds. The van der Waals surface area contributed by atoms with Crippen LogP contribution in [0.3, 0.4) is 0 Å². The molecule has 8 heteroatoms. The number of likely N-dealkylation sites (tertiary alicyclic amines) is 1. The zero-order chi connectivity index (χ0) is 30.7. The van der Waals surface area contributed by atoms with E-state index in [0.29, 0.717) is 12.7 Å². The summed E-state index contributed by atoms with van der Waals surface area (Å²) < 4.78 is 16.3. The Hall–Kier alpha value is -1.96. The van der Waals surface area contributed by atoms with Gasteiger partial charge in [0.1, 0.15) is 0 Å². The fraction of sp³-hybridized carbons (Fsp3) is 0.882. The van der Waals surface area contributed by atoms with E-state index in [1.165, 1.54) is 64.5 Å². The van der Waals surface area contributed by atoms with Gasteiger partial charge in [0, 0.05) is 6.42 Å². The van der Waals surface area contributed by atoms with Crippen LogP contribution in [0.5, 0.6) is 0 Å². The number of rotatable bonds is 28. The highest BCUT2D eigenvalue weighted by Crippen LogP contribution is 2.23. The van der Waals surface area contributed by atoms with Gasteiger partial charge in [0.15, 0.2) is 11.9 Å². The van der Waals surface area contributed by atoms with E-state index in [0.717, 1.165) is 70.8 Å². The van der Waals surface area contributed by atoms with Crippen LogP contribution in [0.15, 0.2) is 0 Å². The normalized spacial score (nSPS) is 14.8. The number of hydrogen-bond acceptors (Lipinski definition) is 8. The zero-order valence-corrected chi connectivity index (χ0v) is 27.0. The molecule has 1 unspecified atom stereocenters. The summed E-state index contributed by atoms with van der Waals surface area (Å²) >= 11 is 0. The standard InChI is InChI=1S/C34H61NO7/c1-3-5-7-9-11-15-21-27-41-33(39)29-34(30-36,28-32(38)40-26-20-14-10-8-6-4-2)42-31(37)22-16-12-13-17-23-35-24-18-19-25-35/h30H,3-29H2,1-2H3. The van der Waals surface area contributed by atoms with Crippen molar-refractivity contribution < 1.29 is 33.4 Å². The lowest BCUT2D eigenvalue weighted by Crippen LogP contribution is -2.42. The molecule has 1 fully saturated rings. The highest BCUT2D eigenvalue weighted by molar-refractivity contribution is 5.86. The van der Waals surface area contributed by atoms with E-state index in [1.807, 2.05) is 0 Å². The van der Waals surface area contributed by atoms with Gasteiger partial charge in [-0.15, -0.1) is 0 Å². The third-order valence-corrected chi connectivity index (χ3v) is 7.99. The maximum atomic E-state index is 12.7. The van der Waals surface area contributed by atoms with E-state index < -0.39 is 36.4 Å². The molecule has 0 aromatic heterocycles. The Bertz CT molecular complexity index is 723. The molecule has 8 nitrogen and oxygen atoms in total. The zero-order valence-electron chi connectivity index (χ0n) is 27.0. The van der Waals surface area contributed by atoms with Gasteiger partial charge >= 0.3 is 17.9 Å². The molecule has 0 aromatic rings. The van der Waals surface area contributed by atoms with Gasteiger partial charge in [0.05, 0.1) is 26.1 Å². The largest absolute Gasteiger partial charge is 0.466 e. The second kappa shape index (κ2) is 25.5. The van der Waals surface area contributed by atoms with Crippen LogP contribution in [0.25, 0.3) is 0 Å². The number of carbonyl (C=O) groups is 4. The van der Waals surface area contributed by atoms with Crippen LogP contribution in [0.2, 0.25) is 0 Å². The van der Waals surface area contributed by atoms with Crippen molar-refractivity contribution in [1.82, 2.24) is 4.90 Å². The second-order valence-electron chi connectivity index (χ2n) is 12.1. The Morgan fingerprint density at radius 3 is 1.57 bits per heavy atom. The summed E-state index contributed by atoms with van der Waals surface area (Å²) in [5, 5.41) is 0. The van der Waals surface area contributed by atoms with Crippen LogP contribution in [-0.4, -0.2) is 67.5 Å². The predicted octanol–water partition coefficient (Wildman–Crippen LogP) is 7.49. The first-order chi connectivity index (χ1) is 20.4. The molecule has 1 atom stereocenters. The molecule has 0 aliphatic carbocycles. The van der Waals surface area contributed by atoms with Gasteiger partial charge < -0.3 is 19.1 Å². The molecule has 1 aliphatic rings. The monoisotopic (exact) mass is 595 g/mol. The topological polar surface area (TPSA) is 99.2 Å². The molecule has 0 saturated carbocycles. The van der Waals surface area contributed by atoms with Gasteiger partial charge in [-0.05, 0) is 58.2 Å². The number of carbonyl (C=O) groups excluding carboxylic acids is 4. The number of ether oxygens (including phenoxy) is 3. The van der Waals surface area contributed by atoms with Gasteiger partial charge in [-0.25, -0.2) is 0 Å². The number of aldehydes is 1. The second-order valence-corrected chi connectivity index (χ2v) is 12.1. The van der Waals surface area contributed by atoms with Crippen molar-refractivity contribution in [3.05, 3.63) is 0 Å². The van der Waals surface area contributed by atoms with Gasteiger partial charge in [0.2, 0.25) is 0 Å². The highest BCUT2D eigenvalue weighted by Gasteiger charge is 2.40. The average molecular weight is 596 g/mol. The van der Waals surface area contributed by atoms with E-state index in [1.54, 1.807) is 0 Å². The summed E-state index contributed by atoms with van der Waals surface area (Å²) in [7, 11) is 0. The Labute approximate surface area is 256 Å². The fourth-order valence-corrected chi connectivity index (χ4v) is 5.39. The average Bonchev–Trinajstić information content (AvgIpc) is 3.49. The molecule has 1 heterocycles. The van der Waals surface area contributed by atoms with Crippen LogP contribution < -0.4 is 0 Å². The van der Waals surface area contributed by atoms with Gasteiger partial charge in [-0.2, -0.15) is 0 Å². The number of unbranched alkanes of at least 4 members (excludes halogenated alkanes) is 14. The first-order valence-electron chi connectivity index (χ1n) is 17.2. The van der Waals surface area contributed by atoms with E-state index >= 15 is 0 Å². The fourth-order valence-electron chi connectivity index (χ4n) is 5.39. The third-order valence-electron chi connectivity index (χ3n) is 7.99. The molecule has 0 radical (unpaired) electrons. The summed E-state index contributed by atoms with van der Waals surface area (Å²) in [6.07, 6.45) is 19.7. The van der Waals surface area contributed by atoms with E-state index in [2.05, 4.69) is 18.7 Å². The van der Waals surface area contributed by atoms with Gasteiger partial charge in [-0.3, -0.25) is 19.2 Å². The van der Waals surface area contributed by atoms with E-state index in [4.69, 9.17) is 14.2 Å². The molecular weight excluding hydrogens is 534 g/mol. The summed E-state index contributed by atoms with van der Waals surface area (Å²) in [4.78, 5) is 52.7. The Balaban J connectivity index is 2.52. The molecule has 1 rings (SSSR count). The Morgan fingerprint density at radius 2 is 1.07 bits per heavy atom. The van der Waals surface area contributed by atoms with Crippen molar-refractivity contribution >= 4 is 24.2 Å². The van der Waals surface area contributed by atoms with Gasteiger partial charge in [0.25, 0.3) is 0 Å². The lowest BCUT2D eigenvalue weighted by molar-refractivity contribution is -0.174. The molecule has 0 N–H and O–H groups in total. The maximum Gasteiger partial charge on any atom is 0.310 e. The lowest BCUT2D eigenvalue weighted by Gasteiger charge is -2.26. The van der Waals surface area contributed by atoms with Crippen molar-refractivity contribution in [3.63, 3.8) is 0 Å². The summed E-state index contributed by atoms with van der Waals surface area (Å²) in [6.45, 7) is 8.30. The maximum absolute atomic E-state index is 12.7. The number of hydrogen-bond donors (Lipinski definition) is 0. The molecular formula is C34H61NO7. The van der Waals surface area contributed by atoms with Crippen LogP contribution in [0.4, 0.5) is 0 Å². The quantitative estimate of drug-likeness (QED) is 0.0397. The molecule has 0 spiro atoms. The van der Waals surface area contributed by atoms with Crippen molar-refractivity contribution in [2.45, 2.75) is 161 Å². The SMILES string of the molecule is CCCCCCCCCOC(=O)CC(C=O)(CC(=O)OCCCCCCCC)OC(=O)CCCCCCN1CCCC1. The minimum absolute atomic E-state index is 0.138. The third kappa shape index (κ3) is 20.0. The van der Waals surface area contributed by atoms with Gasteiger partial charge in [-0.1, -0.05) is 97.3 Å². The van der Waals surface area contributed by atoms with Crippen molar-refractivity contribution in [1.29, 1.82) is 0 Å². The van der Waals surface area contributed by atoms with E-state index in [-0.39, 0.29) is 19.6 Å². The predicted molar refractivity (Wildman–Crippen MR) is 166 cm³/mol. The van der Waals surface area contributed by atoms with Crippen LogP contribution in [0.1, 0.15) is 155 Å². The summed E-state index contributed by atoms with van der Waals surface area (Å²) in [6, 6.07) is 0. The smallest absolute Gasteiger partial charge is 0.310 e.